The van der Waals surface area contributed by atoms with Crippen LogP contribution in [0, 0.1) is 15.9 Å². The van der Waals surface area contributed by atoms with Gasteiger partial charge >= 0.3 is 11.8 Å². The lowest BCUT2D eigenvalue weighted by molar-refractivity contribution is -0.387. The number of nitrogens with zero attached hydrogens (tertiary/aromatic N) is 1. The number of halogens is 1. The molecule has 0 aliphatic rings. The van der Waals surface area contributed by atoms with Gasteiger partial charge in [0.25, 0.3) is 0 Å². The van der Waals surface area contributed by atoms with E-state index in [1.54, 1.807) is 6.07 Å². The summed E-state index contributed by atoms with van der Waals surface area (Å²) in [7, 11) is 0. The molecule has 6 nitrogen and oxygen atoms in total. The molecule has 0 unspecified atom stereocenters. The van der Waals surface area contributed by atoms with Gasteiger partial charge in [-0.3, -0.25) is 10.1 Å². The largest absolute Gasteiger partial charge is 0.444 e. The summed E-state index contributed by atoms with van der Waals surface area (Å²) in [5.74, 6) is -0.787. The molecule has 0 aliphatic carbocycles. The van der Waals surface area contributed by atoms with Crippen LogP contribution in [0.15, 0.2) is 18.2 Å². The summed E-state index contributed by atoms with van der Waals surface area (Å²) < 4.78 is 18.4. The standard InChI is InChI=1S/C20H31FN2O4/c1-20(2,3)27-19(24)22-14-10-8-6-4-5-7-9-11-16-12-13-17(21)18(15-16)23(25)26/h12-13,15H,4-11,14H2,1-3H3,(H,22,24). The van der Waals surface area contributed by atoms with Crippen molar-refractivity contribution in [3.63, 3.8) is 0 Å². The minimum absolute atomic E-state index is 0.372. The molecular formula is C20H31FN2O4. The van der Waals surface area contributed by atoms with Crippen molar-refractivity contribution in [3.8, 4) is 0 Å². The number of hydrogen-bond acceptors (Lipinski definition) is 4. The average molecular weight is 382 g/mol. The highest BCUT2D eigenvalue weighted by Gasteiger charge is 2.15. The number of alkyl carbamates (subject to hydrolysis) is 1. The van der Waals surface area contributed by atoms with Crippen molar-refractivity contribution in [1.29, 1.82) is 0 Å². The molecule has 0 bridgehead atoms. The summed E-state index contributed by atoms with van der Waals surface area (Å²) in [6.45, 7) is 6.13. The summed E-state index contributed by atoms with van der Waals surface area (Å²) in [5.41, 5.74) is -0.119. The molecule has 0 aromatic heterocycles. The number of nitro benzene ring substituents is 1. The van der Waals surface area contributed by atoms with Crippen LogP contribution in [0.2, 0.25) is 0 Å². The molecule has 0 fully saturated rings. The normalized spacial score (nSPS) is 11.3. The van der Waals surface area contributed by atoms with Gasteiger partial charge in [0.05, 0.1) is 4.92 Å². The molecule has 7 heteroatoms. The third-order valence-corrected chi connectivity index (χ3v) is 4.02. The molecule has 152 valence electrons. The van der Waals surface area contributed by atoms with E-state index in [1.165, 1.54) is 12.1 Å². The van der Waals surface area contributed by atoms with Crippen molar-refractivity contribution in [1.82, 2.24) is 5.32 Å². The summed E-state index contributed by atoms with van der Waals surface area (Å²) in [6, 6.07) is 4.10. The Morgan fingerprint density at radius 1 is 1.11 bits per heavy atom. The smallest absolute Gasteiger partial charge is 0.407 e. The van der Waals surface area contributed by atoms with Crippen LogP contribution in [-0.2, 0) is 11.2 Å². The van der Waals surface area contributed by atoms with Crippen molar-refractivity contribution in [2.24, 2.45) is 0 Å². The maximum absolute atomic E-state index is 13.3. The van der Waals surface area contributed by atoms with E-state index in [-0.39, 0.29) is 6.09 Å². The van der Waals surface area contributed by atoms with E-state index in [9.17, 15) is 19.3 Å². The molecule has 0 atom stereocenters. The Morgan fingerprint density at radius 3 is 2.30 bits per heavy atom. The van der Waals surface area contributed by atoms with Crippen LogP contribution < -0.4 is 5.32 Å². The number of rotatable bonds is 11. The number of amides is 1. The first-order valence-corrected chi connectivity index (χ1v) is 9.59. The second-order valence-electron chi connectivity index (χ2n) is 7.70. The molecule has 0 spiro atoms. The average Bonchev–Trinajstić information content (AvgIpc) is 2.56. The van der Waals surface area contributed by atoms with Gasteiger partial charge in [-0.15, -0.1) is 0 Å². The van der Waals surface area contributed by atoms with Gasteiger partial charge in [0.2, 0.25) is 5.82 Å². The lowest BCUT2D eigenvalue weighted by Gasteiger charge is -2.19. The SMILES string of the molecule is CC(C)(C)OC(=O)NCCCCCCCCCc1ccc(F)c([N+](=O)[O-])c1. The maximum Gasteiger partial charge on any atom is 0.407 e. The Bertz CT molecular complexity index is 614. The molecular weight excluding hydrogens is 351 g/mol. The number of hydrogen-bond donors (Lipinski definition) is 1. The second kappa shape index (κ2) is 11.5. The van der Waals surface area contributed by atoms with Gasteiger partial charge < -0.3 is 10.1 Å². The predicted molar refractivity (Wildman–Crippen MR) is 103 cm³/mol. The molecule has 0 saturated heterocycles. The maximum atomic E-state index is 13.3. The number of aryl methyl sites for hydroxylation is 1. The lowest BCUT2D eigenvalue weighted by atomic mass is 10.0. The Balaban J connectivity index is 2.03. The van der Waals surface area contributed by atoms with Crippen LogP contribution in [0.1, 0.15) is 71.3 Å². The van der Waals surface area contributed by atoms with Crippen LogP contribution in [0.4, 0.5) is 14.9 Å². The fourth-order valence-corrected chi connectivity index (χ4v) is 2.70. The minimum Gasteiger partial charge on any atom is -0.444 e. The molecule has 1 rings (SSSR count). The minimum atomic E-state index is -0.787. The number of carbonyl (C=O) groups excluding carboxylic acids is 1. The topological polar surface area (TPSA) is 81.5 Å². The van der Waals surface area contributed by atoms with Crippen LogP contribution >= 0.6 is 0 Å². The van der Waals surface area contributed by atoms with E-state index in [2.05, 4.69) is 5.32 Å². The zero-order chi connectivity index (χ0) is 20.3. The molecule has 0 aliphatic heterocycles. The van der Waals surface area contributed by atoms with Crippen molar-refractivity contribution >= 4 is 11.8 Å². The molecule has 0 saturated carbocycles. The van der Waals surface area contributed by atoms with Crippen molar-refractivity contribution in [2.75, 3.05) is 6.54 Å². The van der Waals surface area contributed by atoms with Crippen LogP contribution in [-0.4, -0.2) is 23.2 Å². The second-order valence-corrected chi connectivity index (χ2v) is 7.70. The first-order chi connectivity index (χ1) is 12.7. The van der Waals surface area contributed by atoms with Crippen LogP contribution in [0.5, 0.6) is 0 Å². The number of unbranched alkanes of at least 4 members (excludes halogenated alkanes) is 6. The third kappa shape index (κ3) is 10.5. The van der Waals surface area contributed by atoms with Crippen molar-refractivity contribution in [2.45, 2.75) is 77.7 Å². The Hall–Kier alpha value is -2.18. The van der Waals surface area contributed by atoms with E-state index in [0.717, 1.165) is 56.9 Å². The van der Waals surface area contributed by atoms with Crippen molar-refractivity contribution < 1.29 is 18.8 Å². The van der Waals surface area contributed by atoms with E-state index in [1.807, 2.05) is 20.8 Å². The quantitative estimate of drug-likeness (QED) is 0.310. The lowest BCUT2D eigenvalue weighted by Crippen LogP contribution is -2.32. The molecule has 27 heavy (non-hydrogen) atoms. The Labute approximate surface area is 160 Å². The molecule has 0 radical (unpaired) electrons. The van der Waals surface area contributed by atoms with Crippen LogP contribution in [0.25, 0.3) is 0 Å². The highest BCUT2D eigenvalue weighted by molar-refractivity contribution is 5.67. The summed E-state index contributed by atoms with van der Waals surface area (Å²) in [5, 5.41) is 13.5. The number of nitrogens with one attached hydrogen (secondary N) is 1. The van der Waals surface area contributed by atoms with Gasteiger partial charge in [-0.1, -0.05) is 38.2 Å². The van der Waals surface area contributed by atoms with Gasteiger partial charge in [0.15, 0.2) is 0 Å². The number of ether oxygens (including phenoxy) is 1. The fraction of sp³-hybridized carbons (Fsp3) is 0.650. The molecule has 1 aromatic rings. The van der Waals surface area contributed by atoms with Gasteiger partial charge in [0.1, 0.15) is 5.60 Å². The Kier molecular flexibility index (Phi) is 9.75. The molecule has 1 N–H and O–H groups in total. The number of benzene rings is 1. The monoisotopic (exact) mass is 382 g/mol. The third-order valence-electron chi connectivity index (χ3n) is 4.02. The summed E-state index contributed by atoms with van der Waals surface area (Å²) in [6.07, 6.45) is 7.64. The van der Waals surface area contributed by atoms with E-state index < -0.39 is 22.0 Å². The summed E-state index contributed by atoms with van der Waals surface area (Å²) >= 11 is 0. The van der Waals surface area contributed by atoms with Gasteiger partial charge in [-0.2, -0.15) is 4.39 Å². The summed E-state index contributed by atoms with van der Waals surface area (Å²) in [4.78, 5) is 21.5. The van der Waals surface area contributed by atoms with E-state index in [4.69, 9.17) is 4.74 Å². The number of nitro groups is 1. The molecule has 1 amide bonds. The van der Waals surface area contributed by atoms with E-state index in [0.29, 0.717) is 6.54 Å². The zero-order valence-corrected chi connectivity index (χ0v) is 16.6. The van der Waals surface area contributed by atoms with Gasteiger partial charge in [-0.05, 0) is 51.7 Å². The highest BCUT2D eigenvalue weighted by atomic mass is 19.1. The molecule has 1 aromatic carbocycles. The van der Waals surface area contributed by atoms with Crippen LogP contribution in [0.3, 0.4) is 0 Å². The zero-order valence-electron chi connectivity index (χ0n) is 16.6. The van der Waals surface area contributed by atoms with Gasteiger partial charge in [-0.25, -0.2) is 4.79 Å². The first kappa shape index (κ1) is 22.9. The number of carbonyl (C=O) groups is 1. The van der Waals surface area contributed by atoms with Gasteiger partial charge in [0, 0.05) is 12.6 Å². The predicted octanol–water partition coefficient (Wildman–Crippen LogP) is 5.53. The van der Waals surface area contributed by atoms with Crippen molar-refractivity contribution in [3.05, 3.63) is 39.7 Å². The first-order valence-electron chi connectivity index (χ1n) is 9.59. The molecule has 0 heterocycles. The highest BCUT2D eigenvalue weighted by Crippen LogP contribution is 2.20. The van der Waals surface area contributed by atoms with E-state index >= 15 is 0 Å². The Morgan fingerprint density at radius 2 is 1.70 bits per heavy atom. The fourth-order valence-electron chi connectivity index (χ4n) is 2.70.